The van der Waals surface area contributed by atoms with Gasteiger partial charge in [0.2, 0.25) is 5.91 Å². The molecular weight excluding hydrogens is 397 g/mol. The number of alkyl halides is 3. The fourth-order valence-electron chi connectivity index (χ4n) is 3.54. The lowest BCUT2D eigenvalue weighted by molar-refractivity contribution is -0.274. The Labute approximate surface area is 159 Å². The molecule has 0 unspecified atom stereocenters. The van der Waals surface area contributed by atoms with E-state index in [2.05, 4.69) is 9.46 Å². The van der Waals surface area contributed by atoms with Gasteiger partial charge in [0.05, 0.1) is 17.0 Å². The molecule has 0 spiro atoms. The number of anilines is 2. The van der Waals surface area contributed by atoms with E-state index in [4.69, 9.17) is 0 Å². The smallest absolute Gasteiger partial charge is 0.406 e. The van der Waals surface area contributed by atoms with Crippen LogP contribution in [0, 0.1) is 0 Å². The van der Waals surface area contributed by atoms with Crippen molar-refractivity contribution in [3.05, 3.63) is 47.5 Å². The van der Waals surface area contributed by atoms with Gasteiger partial charge in [-0.25, -0.2) is 8.42 Å². The van der Waals surface area contributed by atoms with Crippen LogP contribution >= 0.6 is 0 Å². The third-order valence-electron chi connectivity index (χ3n) is 4.63. The standard InChI is InChI=1S/C18H15F3N2O4S/c19-18(20,21)27-14-5-3-13(4-6-14)22-28(25,26)15-8-11-2-1-7-23-16(24)10-12(9-15)17(11)23/h3-6,8-9,22H,1-2,7,10H2. The maximum absolute atomic E-state index is 12.7. The molecule has 1 amide bonds. The van der Waals surface area contributed by atoms with Crippen molar-refractivity contribution in [2.75, 3.05) is 16.2 Å². The molecule has 0 atom stereocenters. The molecule has 0 saturated heterocycles. The van der Waals surface area contributed by atoms with Crippen LogP contribution in [-0.2, 0) is 27.7 Å². The Kier molecular flexibility index (Phi) is 4.25. The minimum Gasteiger partial charge on any atom is -0.406 e. The number of nitrogens with one attached hydrogen (secondary N) is 1. The van der Waals surface area contributed by atoms with E-state index in [1.807, 2.05) is 0 Å². The molecule has 0 aliphatic carbocycles. The number of aryl methyl sites for hydroxylation is 1. The van der Waals surface area contributed by atoms with Gasteiger partial charge in [0, 0.05) is 12.2 Å². The second-order valence-electron chi connectivity index (χ2n) is 6.59. The highest BCUT2D eigenvalue weighted by atomic mass is 32.2. The topological polar surface area (TPSA) is 75.7 Å². The number of halogens is 3. The molecule has 10 heteroatoms. The maximum atomic E-state index is 12.7. The molecule has 0 radical (unpaired) electrons. The second kappa shape index (κ2) is 6.40. The number of carbonyl (C=O) groups is 1. The van der Waals surface area contributed by atoms with Gasteiger partial charge in [-0.05, 0) is 60.4 Å². The van der Waals surface area contributed by atoms with Crippen LogP contribution in [0.1, 0.15) is 17.5 Å². The highest BCUT2D eigenvalue weighted by Crippen LogP contribution is 2.38. The van der Waals surface area contributed by atoms with Gasteiger partial charge in [-0.2, -0.15) is 0 Å². The Bertz CT molecular complexity index is 1050. The summed E-state index contributed by atoms with van der Waals surface area (Å²) in [5, 5.41) is 0. The van der Waals surface area contributed by atoms with Gasteiger partial charge in [-0.15, -0.1) is 13.2 Å². The number of hydrogen-bond donors (Lipinski definition) is 1. The molecule has 0 bridgehead atoms. The van der Waals surface area contributed by atoms with Crippen molar-refractivity contribution in [1.82, 2.24) is 0 Å². The summed E-state index contributed by atoms with van der Waals surface area (Å²) in [6.07, 6.45) is -3.22. The van der Waals surface area contributed by atoms with E-state index in [1.54, 1.807) is 11.0 Å². The van der Waals surface area contributed by atoms with E-state index in [-0.39, 0.29) is 22.9 Å². The van der Waals surface area contributed by atoms with Gasteiger partial charge in [0.25, 0.3) is 10.0 Å². The van der Waals surface area contributed by atoms with E-state index < -0.39 is 22.1 Å². The average Bonchev–Trinajstić information content (AvgIpc) is 2.93. The first-order valence-corrected chi connectivity index (χ1v) is 9.95. The minimum absolute atomic E-state index is 0.0217. The Morgan fingerprint density at radius 2 is 1.75 bits per heavy atom. The summed E-state index contributed by atoms with van der Waals surface area (Å²) < 4.78 is 68.2. The van der Waals surface area contributed by atoms with Crippen LogP contribution in [0.4, 0.5) is 24.5 Å². The molecule has 148 valence electrons. The molecule has 2 aromatic rings. The molecule has 0 fully saturated rings. The van der Waals surface area contributed by atoms with Gasteiger partial charge >= 0.3 is 6.36 Å². The van der Waals surface area contributed by atoms with Crippen LogP contribution in [0.2, 0.25) is 0 Å². The lowest BCUT2D eigenvalue weighted by Gasteiger charge is -2.26. The Balaban J connectivity index is 1.60. The Morgan fingerprint density at radius 3 is 2.43 bits per heavy atom. The third kappa shape index (κ3) is 3.51. The molecule has 2 heterocycles. The maximum Gasteiger partial charge on any atom is 0.573 e. The molecule has 1 N–H and O–H groups in total. The van der Waals surface area contributed by atoms with Crippen LogP contribution in [0.15, 0.2) is 41.3 Å². The van der Waals surface area contributed by atoms with Crippen LogP contribution < -0.4 is 14.4 Å². The summed E-state index contributed by atoms with van der Waals surface area (Å²) in [5.74, 6) is -0.491. The predicted molar refractivity (Wildman–Crippen MR) is 94.8 cm³/mol. The molecule has 0 aromatic heterocycles. The summed E-state index contributed by atoms with van der Waals surface area (Å²) in [4.78, 5) is 13.8. The first kappa shape index (κ1) is 18.6. The van der Waals surface area contributed by atoms with Crippen molar-refractivity contribution in [3.8, 4) is 5.75 Å². The number of ether oxygens (including phenoxy) is 1. The summed E-state index contributed by atoms with van der Waals surface area (Å²) in [7, 11) is -3.97. The molecule has 2 aliphatic heterocycles. The molecule has 2 aromatic carbocycles. The van der Waals surface area contributed by atoms with Crippen molar-refractivity contribution >= 4 is 27.3 Å². The van der Waals surface area contributed by atoms with Crippen molar-refractivity contribution in [1.29, 1.82) is 0 Å². The largest absolute Gasteiger partial charge is 0.573 e. The number of benzene rings is 2. The van der Waals surface area contributed by atoms with Gasteiger partial charge in [-0.1, -0.05) is 0 Å². The zero-order chi connectivity index (χ0) is 20.1. The van der Waals surface area contributed by atoms with Gasteiger partial charge < -0.3 is 9.64 Å². The number of nitrogens with zero attached hydrogens (tertiary/aromatic N) is 1. The molecular formula is C18H15F3N2O4S. The number of rotatable bonds is 4. The molecule has 4 rings (SSSR count). The summed E-state index contributed by atoms with van der Waals surface area (Å²) >= 11 is 0. The Hall–Kier alpha value is -2.75. The van der Waals surface area contributed by atoms with Crippen LogP contribution in [0.5, 0.6) is 5.75 Å². The highest BCUT2D eigenvalue weighted by molar-refractivity contribution is 7.92. The van der Waals surface area contributed by atoms with Crippen molar-refractivity contribution in [2.24, 2.45) is 0 Å². The lowest BCUT2D eigenvalue weighted by atomic mass is 10.0. The van der Waals surface area contributed by atoms with Crippen molar-refractivity contribution in [2.45, 2.75) is 30.5 Å². The van der Waals surface area contributed by atoms with E-state index in [0.29, 0.717) is 18.5 Å². The third-order valence-corrected chi connectivity index (χ3v) is 5.99. The lowest BCUT2D eigenvalue weighted by Crippen LogP contribution is -2.31. The first-order valence-electron chi connectivity index (χ1n) is 8.47. The normalized spacial score (nSPS) is 16.1. The SMILES string of the molecule is O=C1Cc2cc(S(=O)(=O)Nc3ccc(OC(F)(F)F)cc3)cc3c2N1CCC3. The number of amides is 1. The minimum atomic E-state index is -4.82. The summed E-state index contributed by atoms with van der Waals surface area (Å²) in [6, 6.07) is 7.43. The van der Waals surface area contributed by atoms with E-state index >= 15 is 0 Å². The first-order chi connectivity index (χ1) is 13.1. The zero-order valence-corrected chi connectivity index (χ0v) is 15.2. The zero-order valence-electron chi connectivity index (χ0n) is 14.4. The molecule has 28 heavy (non-hydrogen) atoms. The quantitative estimate of drug-likeness (QED) is 0.837. The van der Waals surface area contributed by atoms with Gasteiger partial charge in [-0.3, -0.25) is 9.52 Å². The van der Waals surface area contributed by atoms with Gasteiger partial charge in [0.1, 0.15) is 5.75 Å². The number of hydrogen-bond acceptors (Lipinski definition) is 4. The van der Waals surface area contributed by atoms with E-state index in [9.17, 15) is 26.4 Å². The van der Waals surface area contributed by atoms with Crippen molar-refractivity contribution < 1.29 is 31.1 Å². The van der Waals surface area contributed by atoms with Crippen molar-refractivity contribution in [3.63, 3.8) is 0 Å². The average molecular weight is 412 g/mol. The summed E-state index contributed by atoms with van der Waals surface area (Å²) in [5.41, 5.74) is 2.39. The number of sulfonamides is 1. The molecule has 0 saturated carbocycles. The Morgan fingerprint density at radius 1 is 1.07 bits per heavy atom. The van der Waals surface area contributed by atoms with Crippen LogP contribution in [0.3, 0.4) is 0 Å². The number of carbonyl (C=O) groups excluding carboxylic acids is 1. The van der Waals surface area contributed by atoms with E-state index in [0.717, 1.165) is 29.8 Å². The highest BCUT2D eigenvalue weighted by Gasteiger charge is 2.34. The fraction of sp³-hybridized carbons (Fsp3) is 0.278. The van der Waals surface area contributed by atoms with Crippen LogP contribution in [0.25, 0.3) is 0 Å². The second-order valence-corrected chi connectivity index (χ2v) is 8.28. The monoisotopic (exact) mass is 412 g/mol. The molecule has 6 nitrogen and oxygen atoms in total. The van der Waals surface area contributed by atoms with E-state index in [1.165, 1.54) is 18.2 Å². The fourth-order valence-corrected chi connectivity index (χ4v) is 4.70. The van der Waals surface area contributed by atoms with Crippen LogP contribution in [-0.4, -0.2) is 27.2 Å². The molecule has 2 aliphatic rings. The predicted octanol–water partition coefficient (Wildman–Crippen LogP) is 3.22. The van der Waals surface area contributed by atoms with Gasteiger partial charge in [0.15, 0.2) is 0 Å². The summed E-state index contributed by atoms with van der Waals surface area (Å²) in [6.45, 7) is 0.634.